The van der Waals surface area contributed by atoms with Crippen molar-refractivity contribution >= 4 is 5.97 Å². The van der Waals surface area contributed by atoms with Crippen LogP contribution in [0.25, 0.3) is 0 Å². The van der Waals surface area contributed by atoms with Gasteiger partial charge in [-0.05, 0) is 110 Å². The summed E-state index contributed by atoms with van der Waals surface area (Å²) in [5, 5.41) is 32.0. The van der Waals surface area contributed by atoms with Gasteiger partial charge in [-0.2, -0.15) is 0 Å². The number of rotatable bonds is 17. The summed E-state index contributed by atoms with van der Waals surface area (Å²) in [6.45, 7) is 9.66. The van der Waals surface area contributed by atoms with Gasteiger partial charge in [0.05, 0.1) is 12.2 Å². The third-order valence-electron chi connectivity index (χ3n) is 14.0. The van der Waals surface area contributed by atoms with Crippen LogP contribution >= 0.6 is 0 Å². The van der Waals surface area contributed by atoms with Crippen LogP contribution in [0, 0.1) is 52.3 Å². The van der Waals surface area contributed by atoms with Crippen molar-refractivity contribution in [2.45, 2.75) is 181 Å². The normalized spacial score (nSPS) is 40.2. The van der Waals surface area contributed by atoms with Crippen LogP contribution in [0.1, 0.15) is 169 Å². The Morgan fingerprint density at radius 2 is 1.43 bits per heavy atom. The largest absolute Gasteiger partial charge is 0.481 e. The Morgan fingerprint density at radius 1 is 0.810 bits per heavy atom. The lowest BCUT2D eigenvalue weighted by molar-refractivity contribution is -0.196. The van der Waals surface area contributed by atoms with Crippen molar-refractivity contribution in [1.29, 1.82) is 0 Å². The van der Waals surface area contributed by atoms with Gasteiger partial charge in [-0.15, -0.1) is 0 Å². The molecule has 3 N–H and O–H groups in total. The number of carbonyl (C=O) groups is 1. The molecule has 0 saturated heterocycles. The molecule has 0 spiro atoms. The number of hydrogen-bond donors (Lipinski definition) is 3. The van der Waals surface area contributed by atoms with E-state index in [0.29, 0.717) is 41.4 Å². The first-order valence-corrected chi connectivity index (χ1v) is 18.7. The lowest BCUT2D eigenvalue weighted by atomic mass is 9.41. The van der Waals surface area contributed by atoms with Gasteiger partial charge in [0.1, 0.15) is 0 Å². The minimum absolute atomic E-state index is 0.200. The molecule has 11 atom stereocenters. The van der Waals surface area contributed by atoms with Gasteiger partial charge in [0.2, 0.25) is 0 Å². The maximum atomic E-state index is 11.7. The summed E-state index contributed by atoms with van der Waals surface area (Å²) in [7, 11) is 0. The van der Waals surface area contributed by atoms with Gasteiger partial charge < -0.3 is 15.3 Å². The predicted molar refractivity (Wildman–Crippen MR) is 173 cm³/mol. The smallest absolute Gasteiger partial charge is 0.303 e. The van der Waals surface area contributed by atoms with Gasteiger partial charge in [0.25, 0.3) is 0 Å². The molecule has 0 amide bonds. The second kappa shape index (κ2) is 15.6. The summed E-state index contributed by atoms with van der Waals surface area (Å²) in [6, 6.07) is 0. The average Bonchev–Trinajstić information content (AvgIpc) is 3.30. The third-order valence-corrected chi connectivity index (χ3v) is 14.0. The van der Waals surface area contributed by atoms with Crippen molar-refractivity contribution in [1.82, 2.24) is 0 Å². The van der Waals surface area contributed by atoms with Crippen molar-refractivity contribution in [3.8, 4) is 0 Å². The standard InChI is InChI=1S/C38H68O4/c1-5-6-7-8-9-10-11-12-13-14-15-16-17-28-24-30(39)25-29-26-34(40)36-32-20-19-31(27(2)18-21-35(41)42)37(32,3)23-22-33(36)38(28,29)4/h27-34,36,39-40H,5-26H2,1-4H3,(H,41,42)/t27-,28?,29?,30+,31-,32?,33?,34?,36?,37-,38+/m1/s1. The molecule has 4 aliphatic carbocycles. The first-order valence-electron chi connectivity index (χ1n) is 18.7. The SMILES string of the molecule is CCCCCCCCCCCCCCC1C[C@H](O)CC2CC(O)C3C(CC[C@@]4(C)C3CC[C@@H]4[C@H](C)CCC(=O)O)[C@@]12C. The van der Waals surface area contributed by atoms with Crippen LogP contribution in [0.4, 0.5) is 0 Å². The van der Waals surface area contributed by atoms with Crippen LogP contribution in [0.2, 0.25) is 0 Å². The Hall–Kier alpha value is -0.610. The molecule has 4 saturated carbocycles. The zero-order valence-corrected chi connectivity index (χ0v) is 28.0. The van der Waals surface area contributed by atoms with E-state index in [0.717, 1.165) is 25.7 Å². The van der Waals surface area contributed by atoms with Crippen LogP contribution in [-0.2, 0) is 4.79 Å². The summed E-state index contributed by atoms with van der Waals surface area (Å²) in [5.74, 6) is 2.84. The number of unbranched alkanes of at least 4 members (excludes halogenated alkanes) is 11. The molecular weight excluding hydrogens is 520 g/mol. The molecule has 4 rings (SSSR count). The van der Waals surface area contributed by atoms with Gasteiger partial charge in [0, 0.05) is 6.42 Å². The summed E-state index contributed by atoms with van der Waals surface area (Å²) in [5.41, 5.74) is 0.456. The molecule has 0 aromatic rings. The molecule has 0 heterocycles. The Bertz CT molecular complexity index is 828. The lowest BCUT2D eigenvalue weighted by Crippen LogP contribution is -2.61. The van der Waals surface area contributed by atoms with Crippen molar-refractivity contribution in [2.24, 2.45) is 52.3 Å². The van der Waals surface area contributed by atoms with E-state index in [1.807, 2.05) is 0 Å². The van der Waals surface area contributed by atoms with Crippen molar-refractivity contribution in [3.63, 3.8) is 0 Å². The zero-order valence-electron chi connectivity index (χ0n) is 28.0. The van der Waals surface area contributed by atoms with Gasteiger partial charge in [-0.25, -0.2) is 0 Å². The highest BCUT2D eigenvalue weighted by atomic mass is 16.4. The minimum atomic E-state index is -0.675. The molecule has 0 aromatic carbocycles. The Balaban J connectivity index is 1.32. The first-order chi connectivity index (χ1) is 20.1. The molecule has 6 unspecified atom stereocenters. The van der Waals surface area contributed by atoms with Crippen molar-refractivity contribution < 1.29 is 20.1 Å². The number of aliphatic hydroxyl groups is 2. The fourth-order valence-corrected chi connectivity index (χ4v) is 11.6. The van der Waals surface area contributed by atoms with Crippen LogP contribution in [-0.4, -0.2) is 33.5 Å². The highest BCUT2D eigenvalue weighted by Gasteiger charge is 2.64. The van der Waals surface area contributed by atoms with Crippen molar-refractivity contribution in [2.75, 3.05) is 0 Å². The highest BCUT2D eigenvalue weighted by molar-refractivity contribution is 5.66. The summed E-state index contributed by atoms with van der Waals surface area (Å²) >= 11 is 0. The number of aliphatic carboxylic acids is 1. The van der Waals surface area contributed by atoms with Gasteiger partial charge in [-0.1, -0.05) is 105 Å². The van der Waals surface area contributed by atoms with Crippen LogP contribution < -0.4 is 0 Å². The number of aliphatic hydroxyl groups excluding tert-OH is 2. The van der Waals surface area contributed by atoms with E-state index >= 15 is 0 Å². The molecule has 4 aliphatic rings. The molecule has 0 radical (unpaired) electrons. The summed E-state index contributed by atoms with van der Waals surface area (Å²) < 4.78 is 0. The van der Waals surface area contributed by atoms with Gasteiger partial charge in [-0.3, -0.25) is 4.79 Å². The molecule has 4 nitrogen and oxygen atoms in total. The molecule has 0 bridgehead atoms. The van der Waals surface area contributed by atoms with E-state index in [4.69, 9.17) is 0 Å². The Labute approximate surface area is 259 Å². The maximum absolute atomic E-state index is 11.7. The molecular formula is C38H68O4. The monoisotopic (exact) mass is 589 g/mol. The van der Waals surface area contributed by atoms with E-state index in [-0.39, 0.29) is 29.5 Å². The average molecular weight is 589 g/mol. The van der Waals surface area contributed by atoms with Crippen molar-refractivity contribution in [3.05, 3.63) is 0 Å². The molecule has 4 fully saturated rings. The lowest BCUT2D eigenvalue weighted by Gasteiger charge is -2.64. The van der Waals surface area contributed by atoms with Crippen LogP contribution in [0.15, 0.2) is 0 Å². The molecule has 4 heteroatoms. The van der Waals surface area contributed by atoms with Crippen LogP contribution in [0.3, 0.4) is 0 Å². The minimum Gasteiger partial charge on any atom is -0.481 e. The van der Waals surface area contributed by atoms with E-state index in [9.17, 15) is 20.1 Å². The van der Waals surface area contributed by atoms with E-state index < -0.39 is 5.97 Å². The highest BCUT2D eigenvalue weighted by Crippen LogP contribution is 2.69. The third kappa shape index (κ3) is 7.60. The Morgan fingerprint density at radius 3 is 2.05 bits per heavy atom. The topological polar surface area (TPSA) is 77.8 Å². The fraction of sp³-hybridized carbons (Fsp3) is 0.974. The van der Waals surface area contributed by atoms with Crippen LogP contribution in [0.5, 0.6) is 0 Å². The molecule has 244 valence electrons. The van der Waals surface area contributed by atoms with E-state index in [2.05, 4.69) is 27.7 Å². The number of fused-ring (bicyclic) bond motifs is 5. The van der Waals surface area contributed by atoms with E-state index in [1.54, 1.807) is 0 Å². The maximum Gasteiger partial charge on any atom is 0.303 e. The molecule has 0 aromatic heterocycles. The zero-order chi connectivity index (χ0) is 30.3. The predicted octanol–water partition coefficient (Wildman–Crippen LogP) is 9.80. The molecule has 42 heavy (non-hydrogen) atoms. The Kier molecular flexibility index (Phi) is 12.7. The van der Waals surface area contributed by atoms with Gasteiger partial charge >= 0.3 is 5.97 Å². The number of carboxylic acids is 1. The molecule has 0 aliphatic heterocycles. The fourth-order valence-electron chi connectivity index (χ4n) is 11.6. The second-order valence-corrected chi connectivity index (χ2v) is 16.3. The van der Waals surface area contributed by atoms with Gasteiger partial charge in [0.15, 0.2) is 0 Å². The number of carboxylic acid groups (broad SMARTS) is 1. The second-order valence-electron chi connectivity index (χ2n) is 16.3. The number of hydrogen-bond acceptors (Lipinski definition) is 3. The first kappa shape index (κ1) is 34.3. The quantitative estimate of drug-likeness (QED) is 0.148. The summed E-state index contributed by atoms with van der Waals surface area (Å²) in [4.78, 5) is 11.3. The van der Waals surface area contributed by atoms with E-state index in [1.165, 1.54) is 109 Å². The summed E-state index contributed by atoms with van der Waals surface area (Å²) in [6.07, 6.45) is 26.0.